The predicted octanol–water partition coefficient (Wildman–Crippen LogP) is 8.98. The van der Waals surface area contributed by atoms with Crippen LogP contribution in [0.3, 0.4) is 0 Å². The predicted molar refractivity (Wildman–Crippen MR) is 168 cm³/mol. The molecule has 1 aromatic heterocycles. The molecule has 0 saturated heterocycles. The highest BCUT2D eigenvalue weighted by Gasteiger charge is 2.20. The minimum absolute atomic E-state index is 0.216. The molecule has 3 aromatic rings. The number of rotatable bonds is 21. The van der Waals surface area contributed by atoms with Crippen molar-refractivity contribution >= 4 is 33.7 Å². The molecule has 0 amide bonds. The Morgan fingerprint density at radius 3 is 2.19 bits per heavy atom. The SMILES string of the molecule is CCCCCCCCCCCCCn1c2cc(CCCCCC#N)c(OCC(=O)OC)cc2c2c(C(=O)O)cccc21. The number of carboxylic acid groups (broad SMARTS) is 1. The maximum atomic E-state index is 12.2. The van der Waals surface area contributed by atoms with Gasteiger partial charge < -0.3 is 19.1 Å². The average molecular weight is 577 g/mol. The number of ether oxygens (including phenoxy) is 2. The van der Waals surface area contributed by atoms with Gasteiger partial charge in [0.25, 0.3) is 0 Å². The van der Waals surface area contributed by atoms with Crippen molar-refractivity contribution < 1.29 is 24.2 Å². The maximum Gasteiger partial charge on any atom is 0.343 e. The largest absolute Gasteiger partial charge is 0.482 e. The van der Waals surface area contributed by atoms with Crippen molar-refractivity contribution in [1.29, 1.82) is 5.26 Å². The zero-order valence-corrected chi connectivity index (χ0v) is 25.6. The molecule has 7 nitrogen and oxygen atoms in total. The number of unbranched alkanes of at least 4 members (excludes halogenated alkanes) is 13. The topological polar surface area (TPSA) is 102 Å². The first kappa shape index (κ1) is 33.0. The summed E-state index contributed by atoms with van der Waals surface area (Å²) in [6.07, 6.45) is 17.9. The van der Waals surface area contributed by atoms with Crippen molar-refractivity contribution in [3.05, 3.63) is 41.5 Å². The summed E-state index contributed by atoms with van der Waals surface area (Å²) in [6.45, 7) is 2.85. The quantitative estimate of drug-likeness (QED) is 0.100. The number of nitriles is 1. The Kier molecular flexibility index (Phi) is 14.2. The van der Waals surface area contributed by atoms with E-state index in [1.807, 2.05) is 18.2 Å². The van der Waals surface area contributed by atoms with Gasteiger partial charge >= 0.3 is 11.9 Å². The van der Waals surface area contributed by atoms with Crippen molar-refractivity contribution in [2.24, 2.45) is 0 Å². The van der Waals surface area contributed by atoms with Crippen LogP contribution in [-0.2, 0) is 22.5 Å². The van der Waals surface area contributed by atoms with Gasteiger partial charge in [0.05, 0.1) is 18.7 Å². The molecule has 42 heavy (non-hydrogen) atoms. The Bertz CT molecular complexity index is 1340. The number of carbonyl (C=O) groups excluding carboxylic acids is 1. The molecule has 0 atom stereocenters. The van der Waals surface area contributed by atoms with Crippen LogP contribution in [0, 0.1) is 11.3 Å². The van der Waals surface area contributed by atoms with Gasteiger partial charge in [0.15, 0.2) is 6.61 Å². The molecule has 0 aliphatic heterocycles. The first-order chi connectivity index (χ1) is 20.5. The summed E-state index contributed by atoms with van der Waals surface area (Å²) < 4.78 is 13.0. The summed E-state index contributed by atoms with van der Waals surface area (Å²) >= 11 is 0. The van der Waals surface area contributed by atoms with Gasteiger partial charge in [0.1, 0.15) is 5.75 Å². The highest BCUT2D eigenvalue weighted by Crippen LogP contribution is 2.37. The standard InChI is InChI=1S/C35H48N2O5/c1-3-4-5-6-7-8-9-10-11-14-17-23-37-30-21-18-20-28(35(39)40)34(30)29-25-32(42-26-33(38)41-2)27(24-31(29)37)19-15-12-13-16-22-36/h18,20-21,24-25H,3-17,19,23,26H2,1-2H3,(H,39,40). The van der Waals surface area contributed by atoms with Crippen LogP contribution in [-0.4, -0.2) is 35.3 Å². The van der Waals surface area contributed by atoms with E-state index >= 15 is 0 Å². The van der Waals surface area contributed by atoms with Crippen LogP contribution in [0.2, 0.25) is 0 Å². The third-order valence-electron chi connectivity index (χ3n) is 8.10. The van der Waals surface area contributed by atoms with E-state index in [0.717, 1.165) is 67.1 Å². The lowest BCUT2D eigenvalue weighted by molar-refractivity contribution is -0.142. The number of carboxylic acids is 1. The van der Waals surface area contributed by atoms with E-state index < -0.39 is 11.9 Å². The molecule has 0 aliphatic rings. The van der Waals surface area contributed by atoms with E-state index in [2.05, 4.69) is 23.6 Å². The number of nitrogens with zero attached hydrogens (tertiary/aromatic N) is 2. The first-order valence-electron chi connectivity index (χ1n) is 15.9. The number of aryl methyl sites for hydroxylation is 2. The van der Waals surface area contributed by atoms with E-state index in [0.29, 0.717) is 17.6 Å². The van der Waals surface area contributed by atoms with Crippen LogP contribution in [0.1, 0.15) is 119 Å². The fourth-order valence-corrected chi connectivity index (χ4v) is 5.79. The van der Waals surface area contributed by atoms with Crippen molar-refractivity contribution in [2.45, 2.75) is 116 Å². The number of esters is 1. The van der Waals surface area contributed by atoms with Crippen LogP contribution in [0.15, 0.2) is 30.3 Å². The summed E-state index contributed by atoms with van der Waals surface area (Å²) in [5.74, 6) is -0.865. The van der Waals surface area contributed by atoms with Crippen LogP contribution < -0.4 is 4.74 Å². The number of carbonyl (C=O) groups is 2. The molecule has 0 saturated carbocycles. The molecule has 1 N–H and O–H groups in total. The normalized spacial score (nSPS) is 11.2. The summed E-state index contributed by atoms with van der Waals surface area (Å²) in [5.41, 5.74) is 3.13. The zero-order chi connectivity index (χ0) is 30.2. The molecule has 0 unspecified atom stereocenters. The zero-order valence-electron chi connectivity index (χ0n) is 25.6. The van der Waals surface area contributed by atoms with Crippen molar-refractivity contribution in [2.75, 3.05) is 13.7 Å². The number of fused-ring (bicyclic) bond motifs is 3. The van der Waals surface area contributed by atoms with Gasteiger partial charge in [-0.15, -0.1) is 0 Å². The molecule has 0 radical (unpaired) electrons. The van der Waals surface area contributed by atoms with Crippen LogP contribution >= 0.6 is 0 Å². The Balaban J connectivity index is 1.82. The molecule has 0 fully saturated rings. The second kappa shape index (κ2) is 18.1. The summed E-state index contributed by atoms with van der Waals surface area (Å²) in [7, 11) is 1.33. The average Bonchev–Trinajstić information content (AvgIpc) is 3.30. The summed E-state index contributed by atoms with van der Waals surface area (Å²) in [5, 5.41) is 20.4. The molecule has 1 heterocycles. The van der Waals surface area contributed by atoms with Crippen molar-refractivity contribution in [1.82, 2.24) is 4.57 Å². The molecule has 0 bridgehead atoms. The van der Waals surface area contributed by atoms with Crippen LogP contribution in [0.25, 0.3) is 21.8 Å². The lowest BCUT2D eigenvalue weighted by Gasteiger charge is -2.13. The highest BCUT2D eigenvalue weighted by atomic mass is 16.6. The number of hydrogen-bond donors (Lipinski definition) is 1. The molecule has 2 aromatic carbocycles. The van der Waals surface area contributed by atoms with Gasteiger partial charge in [-0.05, 0) is 55.5 Å². The fraction of sp³-hybridized carbons (Fsp3) is 0.571. The molecule has 228 valence electrons. The lowest BCUT2D eigenvalue weighted by Crippen LogP contribution is -2.13. The molecular formula is C35H48N2O5. The second-order valence-corrected chi connectivity index (χ2v) is 11.3. The van der Waals surface area contributed by atoms with Gasteiger partial charge in [-0.3, -0.25) is 0 Å². The van der Waals surface area contributed by atoms with Gasteiger partial charge in [-0.2, -0.15) is 5.26 Å². The number of methoxy groups -OCH3 is 1. The smallest absolute Gasteiger partial charge is 0.343 e. The lowest BCUT2D eigenvalue weighted by atomic mass is 10.0. The summed E-state index contributed by atoms with van der Waals surface area (Å²) in [4.78, 5) is 24.1. The van der Waals surface area contributed by atoms with Gasteiger partial charge in [-0.25, -0.2) is 9.59 Å². The van der Waals surface area contributed by atoms with Crippen molar-refractivity contribution in [3.8, 4) is 11.8 Å². The number of hydrogen-bond acceptors (Lipinski definition) is 5. The Labute approximate surface area is 250 Å². The highest BCUT2D eigenvalue weighted by molar-refractivity contribution is 6.17. The summed E-state index contributed by atoms with van der Waals surface area (Å²) in [6, 6.07) is 11.7. The molecule has 0 aliphatic carbocycles. The molecule has 0 spiro atoms. The monoisotopic (exact) mass is 576 g/mol. The van der Waals surface area contributed by atoms with E-state index in [1.54, 1.807) is 6.07 Å². The Morgan fingerprint density at radius 1 is 0.881 bits per heavy atom. The number of benzene rings is 2. The van der Waals surface area contributed by atoms with Gasteiger partial charge in [0.2, 0.25) is 0 Å². The van der Waals surface area contributed by atoms with Gasteiger partial charge in [0, 0.05) is 34.8 Å². The minimum atomic E-state index is -0.965. The van der Waals surface area contributed by atoms with E-state index in [4.69, 9.17) is 14.7 Å². The molecule has 3 rings (SSSR count). The fourth-order valence-electron chi connectivity index (χ4n) is 5.79. The van der Waals surface area contributed by atoms with E-state index in [1.165, 1.54) is 64.9 Å². The number of aromatic carboxylic acids is 1. The van der Waals surface area contributed by atoms with Gasteiger partial charge in [-0.1, -0.05) is 83.6 Å². The Hall–Kier alpha value is -3.53. The Morgan fingerprint density at radius 2 is 1.55 bits per heavy atom. The van der Waals surface area contributed by atoms with Crippen LogP contribution in [0.5, 0.6) is 5.75 Å². The molecule has 7 heteroatoms. The first-order valence-corrected chi connectivity index (χ1v) is 15.9. The van der Waals surface area contributed by atoms with E-state index in [9.17, 15) is 14.7 Å². The molecular weight excluding hydrogens is 528 g/mol. The minimum Gasteiger partial charge on any atom is -0.482 e. The number of aromatic nitrogens is 1. The second-order valence-electron chi connectivity index (χ2n) is 11.3. The third-order valence-corrected chi connectivity index (χ3v) is 8.10. The van der Waals surface area contributed by atoms with E-state index in [-0.39, 0.29) is 12.2 Å². The van der Waals surface area contributed by atoms with Crippen molar-refractivity contribution in [3.63, 3.8) is 0 Å². The third kappa shape index (κ3) is 9.51. The maximum absolute atomic E-state index is 12.2. The van der Waals surface area contributed by atoms with Crippen LogP contribution in [0.4, 0.5) is 0 Å².